The first-order valence-corrected chi connectivity index (χ1v) is 16.4. The first-order valence-electron chi connectivity index (χ1n) is 16.4. The second kappa shape index (κ2) is 14.4. The van der Waals surface area contributed by atoms with Crippen molar-refractivity contribution in [1.82, 2.24) is 15.1 Å². The lowest BCUT2D eigenvalue weighted by atomic mass is 9.89. The molecule has 0 bridgehead atoms. The normalized spacial score (nSPS) is 26.2. The fourth-order valence-corrected chi connectivity index (χ4v) is 7.08. The molecule has 3 aromatic carbocycles. The molecule has 3 aliphatic rings. The average Bonchev–Trinajstić information content (AvgIpc) is 3.74. The number of nitrogens with one attached hydrogen (secondary N) is 1. The molecule has 3 heterocycles. The summed E-state index contributed by atoms with van der Waals surface area (Å²) in [4.78, 5) is 16.7. The molecule has 3 saturated heterocycles. The number of rotatable bonds is 10. The number of hydrogen-bond acceptors (Lipinski definition) is 6. The lowest BCUT2D eigenvalue weighted by Gasteiger charge is -2.43. The Kier molecular flexibility index (Phi) is 10.1. The molecule has 0 aromatic heterocycles. The van der Waals surface area contributed by atoms with E-state index in [1.54, 1.807) is 0 Å². The Morgan fingerprint density at radius 1 is 0.864 bits per heavy atom. The lowest BCUT2D eigenvalue weighted by molar-refractivity contribution is -0.276. The number of aliphatic hydroxyl groups is 1. The van der Waals surface area contributed by atoms with Gasteiger partial charge in [-0.15, -0.1) is 0 Å². The van der Waals surface area contributed by atoms with Crippen LogP contribution < -0.4 is 5.32 Å². The fraction of sp³-hybridized carbons (Fsp3) is 0.486. The molecule has 3 aliphatic heterocycles. The van der Waals surface area contributed by atoms with Gasteiger partial charge in [-0.2, -0.15) is 0 Å². The number of benzene rings is 3. The highest BCUT2D eigenvalue weighted by molar-refractivity contribution is 5.73. The molecule has 0 spiro atoms. The van der Waals surface area contributed by atoms with Crippen LogP contribution in [0.1, 0.15) is 74.2 Å². The molecule has 234 valence electrons. The van der Waals surface area contributed by atoms with Crippen LogP contribution in [0.25, 0.3) is 11.1 Å². The molecule has 5 atom stereocenters. The van der Waals surface area contributed by atoms with E-state index in [0.29, 0.717) is 12.6 Å². The second-order valence-electron chi connectivity index (χ2n) is 12.9. The third-order valence-corrected chi connectivity index (χ3v) is 9.69. The maximum absolute atomic E-state index is 11.4. The van der Waals surface area contributed by atoms with E-state index in [0.717, 1.165) is 46.5 Å². The molecule has 2 N–H and O–H groups in total. The summed E-state index contributed by atoms with van der Waals surface area (Å²) in [7, 11) is 0. The molecule has 0 aliphatic carbocycles. The Balaban J connectivity index is 1.21. The fourth-order valence-electron chi connectivity index (χ4n) is 7.08. The monoisotopic (exact) mass is 597 g/mol. The van der Waals surface area contributed by atoms with Gasteiger partial charge in [-0.1, -0.05) is 73.7 Å². The van der Waals surface area contributed by atoms with Gasteiger partial charge in [-0.05, 0) is 79.2 Å². The lowest BCUT2D eigenvalue weighted by Crippen LogP contribution is -2.48. The van der Waals surface area contributed by atoms with Crippen molar-refractivity contribution in [3.05, 3.63) is 95.1 Å². The smallest absolute Gasteiger partial charge is 0.217 e. The van der Waals surface area contributed by atoms with E-state index in [1.165, 1.54) is 52.2 Å². The van der Waals surface area contributed by atoms with E-state index in [-0.39, 0.29) is 30.6 Å². The standard InChI is InChI=1S/C37H47N3O4/c1-26-35(24-40-20-6-9-34(40)23-39-18-3-4-19-39)43-37(44-36(26)31-12-10-28(25-41)11-13-31)32-16-14-30(15-17-32)33-8-5-7-29(21-33)22-38-27(2)42/h5,7-8,10-17,21,26,34-37,41H,3-4,6,9,18-20,22-25H2,1-2H3,(H,38,42)/t26-,34+,35+,36+,37+/m1/s1. The Bertz CT molecular complexity index is 1370. The van der Waals surface area contributed by atoms with Gasteiger partial charge in [-0.3, -0.25) is 9.69 Å². The van der Waals surface area contributed by atoms with E-state index < -0.39 is 6.29 Å². The van der Waals surface area contributed by atoms with Crippen molar-refractivity contribution in [2.24, 2.45) is 5.92 Å². The first kappa shape index (κ1) is 30.9. The first-order chi connectivity index (χ1) is 21.5. The number of ether oxygens (including phenoxy) is 2. The number of aliphatic hydroxyl groups excluding tert-OH is 1. The highest BCUT2D eigenvalue weighted by Crippen LogP contribution is 2.42. The van der Waals surface area contributed by atoms with Gasteiger partial charge >= 0.3 is 0 Å². The summed E-state index contributed by atoms with van der Waals surface area (Å²) in [6.45, 7) is 10.0. The predicted octanol–water partition coefficient (Wildman–Crippen LogP) is 5.83. The van der Waals surface area contributed by atoms with Crippen LogP contribution in [0.4, 0.5) is 0 Å². The second-order valence-corrected chi connectivity index (χ2v) is 12.9. The van der Waals surface area contributed by atoms with Crippen LogP contribution in [0.15, 0.2) is 72.8 Å². The molecule has 3 fully saturated rings. The summed E-state index contributed by atoms with van der Waals surface area (Å²) in [6, 6.07) is 25.5. The third-order valence-electron chi connectivity index (χ3n) is 9.69. The molecule has 44 heavy (non-hydrogen) atoms. The third kappa shape index (κ3) is 7.41. The van der Waals surface area contributed by atoms with Gasteiger partial charge in [0.15, 0.2) is 6.29 Å². The van der Waals surface area contributed by atoms with Crippen molar-refractivity contribution in [2.45, 2.75) is 77.2 Å². The Morgan fingerprint density at radius 3 is 2.34 bits per heavy atom. The molecule has 6 rings (SSSR count). The van der Waals surface area contributed by atoms with E-state index in [4.69, 9.17) is 9.47 Å². The molecular weight excluding hydrogens is 550 g/mol. The quantitative estimate of drug-likeness (QED) is 0.306. The van der Waals surface area contributed by atoms with Gasteiger partial charge in [0, 0.05) is 44.1 Å². The number of carbonyl (C=O) groups excluding carboxylic acids is 1. The minimum atomic E-state index is -0.474. The van der Waals surface area contributed by atoms with Gasteiger partial charge in [0.1, 0.15) is 0 Å². The molecule has 0 radical (unpaired) electrons. The number of carbonyl (C=O) groups is 1. The van der Waals surface area contributed by atoms with Crippen LogP contribution >= 0.6 is 0 Å². The number of hydrogen-bond donors (Lipinski definition) is 2. The van der Waals surface area contributed by atoms with Crippen molar-refractivity contribution in [1.29, 1.82) is 0 Å². The molecular formula is C37H47N3O4. The molecule has 7 heteroatoms. The number of nitrogens with zero attached hydrogens (tertiary/aromatic N) is 2. The summed E-state index contributed by atoms with van der Waals surface area (Å²) >= 11 is 0. The summed E-state index contributed by atoms with van der Waals surface area (Å²) in [6.07, 6.45) is 4.60. The largest absolute Gasteiger partial charge is 0.392 e. The number of amides is 1. The maximum atomic E-state index is 11.4. The van der Waals surface area contributed by atoms with Gasteiger partial charge in [0.2, 0.25) is 5.91 Å². The number of likely N-dealkylation sites (tertiary alicyclic amines) is 2. The van der Waals surface area contributed by atoms with E-state index in [1.807, 2.05) is 24.3 Å². The van der Waals surface area contributed by atoms with Crippen LogP contribution in [0.3, 0.4) is 0 Å². The summed E-state index contributed by atoms with van der Waals surface area (Å²) in [5.74, 6) is 0.138. The zero-order chi connectivity index (χ0) is 30.5. The predicted molar refractivity (Wildman–Crippen MR) is 173 cm³/mol. The molecule has 0 saturated carbocycles. The summed E-state index contributed by atoms with van der Waals surface area (Å²) < 4.78 is 13.6. The Morgan fingerprint density at radius 2 is 1.61 bits per heavy atom. The molecule has 3 aromatic rings. The van der Waals surface area contributed by atoms with Crippen molar-refractivity contribution < 1.29 is 19.4 Å². The van der Waals surface area contributed by atoms with Gasteiger partial charge in [0.05, 0.1) is 18.8 Å². The van der Waals surface area contributed by atoms with Crippen molar-refractivity contribution in [2.75, 3.05) is 32.7 Å². The summed E-state index contributed by atoms with van der Waals surface area (Å²) in [5, 5.41) is 12.5. The van der Waals surface area contributed by atoms with Gasteiger partial charge in [0.25, 0.3) is 0 Å². The van der Waals surface area contributed by atoms with E-state index in [2.05, 4.69) is 70.6 Å². The minimum Gasteiger partial charge on any atom is -0.392 e. The van der Waals surface area contributed by atoms with E-state index in [9.17, 15) is 9.90 Å². The minimum absolute atomic E-state index is 0.0283. The van der Waals surface area contributed by atoms with Gasteiger partial charge in [-0.25, -0.2) is 0 Å². The zero-order valence-electron chi connectivity index (χ0n) is 26.2. The van der Waals surface area contributed by atoms with Crippen LogP contribution in [0.2, 0.25) is 0 Å². The van der Waals surface area contributed by atoms with E-state index >= 15 is 0 Å². The summed E-state index contributed by atoms with van der Waals surface area (Å²) in [5.41, 5.74) is 6.31. The molecule has 1 amide bonds. The topological polar surface area (TPSA) is 74.3 Å². The molecule has 7 nitrogen and oxygen atoms in total. The SMILES string of the molecule is CC(=O)NCc1cccc(-c2ccc([C@H]3O[C@@H](CN4CCC[C@H]4CN4CCCC4)[C@@H](C)[C@@H](c4ccc(CO)cc4)O3)cc2)c1. The van der Waals surface area contributed by atoms with Crippen LogP contribution in [0, 0.1) is 5.92 Å². The Hall–Kier alpha value is -3.07. The van der Waals surface area contributed by atoms with Crippen molar-refractivity contribution in [3.8, 4) is 11.1 Å². The highest BCUT2D eigenvalue weighted by atomic mass is 16.7. The van der Waals surface area contributed by atoms with Crippen LogP contribution in [0.5, 0.6) is 0 Å². The van der Waals surface area contributed by atoms with Gasteiger partial charge < -0.3 is 24.8 Å². The average molecular weight is 598 g/mol. The van der Waals surface area contributed by atoms with Crippen molar-refractivity contribution >= 4 is 5.91 Å². The van der Waals surface area contributed by atoms with Crippen molar-refractivity contribution in [3.63, 3.8) is 0 Å². The molecule has 0 unspecified atom stereocenters. The maximum Gasteiger partial charge on any atom is 0.217 e. The highest BCUT2D eigenvalue weighted by Gasteiger charge is 2.40. The van der Waals surface area contributed by atoms with Crippen LogP contribution in [-0.4, -0.2) is 65.7 Å². The zero-order valence-corrected chi connectivity index (χ0v) is 26.2. The van der Waals surface area contributed by atoms with Crippen LogP contribution in [-0.2, 0) is 27.4 Å². The Labute approximate surface area is 262 Å².